The summed E-state index contributed by atoms with van der Waals surface area (Å²) in [6, 6.07) is 4.38. The Kier molecular flexibility index (Phi) is 6.75. The molecule has 1 atom stereocenters. The predicted octanol–water partition coefficient (Wildman–Crippen LogP) is 2.44. The van der Waals surface area contributed by atoms with E-state index in [1.165, 1.54) is 12.1 Å². The largest absolute Gasteiger partial charge is 0.349 e. The van der Waals surface area contributed by atoms with Crippen molar-refractivity contribution in [2.75, 3.05) is 6.54 Å². The molecule has 3 N–H and O–H groups in total. The molecule has 0 radical (unpaired) electrons. The van der Waals surface area contributed by atoms with Crippen LogP contribution in [0, 0.1) is 17.7 Å². The number of hydrogen-bond acceptors (Lipinski definition) is 2. The standard InChI is InChI=1S/C16H21FN2O/c1-3-4-6-12(2)19-16(20)14-9-8-13(7-5-10-18)11-15(14)17/h8-9,11-12H,3-4,6,10,18H2,1-2H3,(H,19,20). The van der Waals surface area contributed by atoms with Crippen LogP contribution in [-0.4, -0.2) is 18.5 Å². The summed E-state index contributed by atoms with van der Waals surface area (Å²) in [6.07, 6.45) is 3.00. The van der Waals surface area contributed by atoms with Crippen molar-refractivity contribution in [1.82, 2.24) is 5.32 Å². The van der Waals surface area contributed by atoms with Crippen LogP contribution in [0.4, 0.5) is 4.39 Å². The average molecular weight is 276 g/mol. The molecule has 0 saturated carbocycles. The fourth-order valence-electron chi connectivity index (χ4n) is 1.81. The van der Waals surface area contributed by atoms with Gasteiger partial charge in [-0.25, -0.2) is 4.39 Å². The number of amides is 1. The summed E-state index contributed by atoms with van der Waals surface area (Å²) in [5, 5.41) is 2.80. The molecule has 0 fully saturated rings. The van der Waals surface area contributed by atoms with Gasteiger partial charge >= 0.3 is 0 Å². The first-order chi connectivity index (χ1) is 9.58. The van der Waals surface area contributed by atoms with Crippen molar-refractivity contribution < 1.29 is 9.18 Å². The van der Waals surface area contributed by atoms with Crippen LogP contribution in [0.1, 0.15) is 49.0 Å². The number of unbranched alkanes of at least 4 members (excludes halogenated alkanes) is 1. The zero-order valence-corrected chi connectivity index (χ0v) is 12.0. The third kappa shape index (κ3) is 5.02. The molecule has 1 amide bonds. The molecule has 1 rings (SSSR count). The third-order valence-corrected chi connectivity index (χ3v) is 2.92. The van der Waals surface area contributed by atoms with Gasteiger partial charge in [0.15, 0.2) is 0 Å². The van der Waals surface area contributed by atoms with E-state index in [0.29, 0.717) is 5.56 Å². The molecule has 0 aliphatic heterocycles. The van der Waals surface area contributed by atoms with E-state index < -0.39 is 5.82 Å². The molecular formula is C16H21FN2O. The summed E-state index contributed by atoms with van der Waals surface area (Å²) in [5.41, 5.74) is 5.82. The van der Waals surface area contributed by atoms with Gasteiger partial charge < -0.3 is 11.1 Å². The predicted molar refractivity (Wildman–Crippen MR) is 78.8 cm³/mol. The number of hydrogen-bond donors (Lipinski definition) is 2. The second-order valence-electron chi connectivity index (χ2n) is 4.72. The number of halogens is 1. The molecule has 1 unspecified atom stereocenters. The molecule has 0 saturated heterocycles. The highest BCUT2D eigenvalue weighted by Crippen LogP contribution is 2.11. The Morgan fingerprint density at radius 3 is 2.85 bits per heavy atom. The van der Waals surface area contributed by atoms with Crippen LogP contribution >= 0.6 is 0 Å². The normalized spacial score (nSPS) is 11.4. The van der Waals surface area contributed by atoms with E-state index in [4.69, 9.17) is 5.73 Å². The lowest BCUT2D eigenvalue weighted by molar-refractivity contribution is 0.0934. The lowest BCUT2D eigenvalue weighted by Gasteiger charge is -2.13. The summed E-state index contributed by atoms with van der Waals surface area (Å²) in [5.74, 6) is 4.43. The molecule has 0 heterocycles. The van der Waals surface area contributed by atoms with Crippen LogP contribution in [0.25, 0.3) is 0 Å². The van der Waals surface area contributed by atoms with Gasteiger partial charge in [-0.3, -0.25) is 4.79 Å². The van der Waals surface area contributed by atoms with Crippen LogP contribution in [-0.2, 0) is 0 Å². The maximum atomic E-state index is 13.9. The monoisotopic (exact) mass is 276 g/mol. The summed E-state index contributed by atoms with van der Waals surface area (Å²) < 4.78 is 13.9. The lowest BCUT2D eigenvalue weighted by atomic mass is 10.1. The van der Waals surface area contributed by atoms with Gasteiger partial charge in [0.1, 0.15) is 5.82 Å². The zero-order valence-electron chi connectivity index (χ0n) is 12.0. The minimum absolute atomic E-state index is 0.0403. The average Bonchev–Trinajstić information content (AvgIpc) is 2.42. The smallest absolute Gasteiger partial charge is 0.254 e. The van der Waals surface area contributed by atoms with Crippen LogP contribution in [0.2, 0.25) is 0 Å². The van der Waals surface area contributed by atoms with Gasteiger partial charge in [-0.15, -0.1) is 0 Å². The summed E-state index contributed by atoms with van der Waals surface area (Å²) in [4.78, 5) is 12.0. The van der Waals surface area contributed by atoms with Gasteiger partial charge in [0.05, 0.1) is 12.1 Å². The maximum absolute atomic E-state index is 13.9. The second kappa shape index (κ2) is 8.34. The fourth-order valence-corrected chi connectivity index (χ4v) is 1.81. The van der Waals surface area contributed by atoms with Crippen molar-refractivity contribution >= 4 is 5.91 Å². The van der Waals surface area contributed by atoms with Gasteiger partial charge in [-0.05, 0) is 31.5 Å². The number of benzene rings is 1. The Morgan fingerprint density at radius 2 is 2.25 bits per heavy atom. The highest BCUT2D eigenvalue weighted by Gasteiger charge is 2.14. The molecule has 1 aromatic rings. The minimum Gasteiger partial charge on any atom is -0.349 e. The Labute approximate surface area is 119 Å². The summed E-state index contributed by atoms with van der Waals surface area (Å²) in [7, 11) is 0. The van der Waals surface area contributed by atoms with Gasteiger partial charge in [-0.2, -0.15) is 0 Å². The molecule has 4 heteroatoms. The van der Waals surface area contributed by atoms with Gasteiger partial charge in [0, 0.05) is 11.6 Å². The van der Waals surface area contributed by atoms with Crippen LogP contribution < -0.4 is 11.1 Å². The van der Waals surface area contributed by atoms with E-state index >= 15 is 0 Å². The van der Waals surface area contributed by atoms with E-state index in [-0.39, 0.29) is 24.1 Å². The maximum Gasteiger partial charge on any atom is 0.254 e. The van der Waals surface area contributed by atoms with E-state index in [1.54, 1.807) is 6.07 Å². The van der Waals surface area contributed by atoms with E-state index in [0.717, 1.165) is 19.3 Å². The van der Waals surface area contributed by atoms with Crippen LogP contribution in [0.3, 0.4) is 0 Å². The second-order valence-corrected chi connectivity index (χ2v) is 4.72. The van der Waals surface area contributed by atoms with Crippen molar-refractivity contribution in [3.8, 4) is 11.8 Å². The highest BCUT2D eigenvalue weighted by atomic mass is 19.1. The lowest BCUT2D eigenvalue weighted by Crippen LogP contribution is -2.33. The van der Waals surface area contributed by atoms with Gasteiger partial charge in [-0.1, -0.05) is 31.6 Å². The first kappa shape index (κ1) is 16.2. The molecule has 0 aliphatic carbocycles. The fraction of sp³-hybridized carbons (Fsp3) is 0.438. The molecular weight excluding hydrogens is 255 g/mol. The minimum atomic E-state index is -0.561. The first-order valence-corrected chi connectivity index (χ1v) is 6.87. The third-order valence-electron chi connectivity index (χ3n) is 2.92. The van der Waals surface area contributed by atoms with Gasteiger partial charge in [0.2, 0.25) is 0 Å². The summed E-state index contributed by atoms with van der Waals surface area (Å²) in [6.45, 7) is 4.24. The highest BCUT2D eigenvalue weighted by molar-refractivity contribution is 5.94. The molecule has 20 heavy (non-hydrogen) atoms. The van der Waals surface area contributed by atoms with Crippen LogP contribution in [0.5, 0.6) is 0 Å². The Balaban J connectivity index is 2.73. The number of rotatable bonds is 5. The van der Waals surface area contributed by atoms with Crippen molar-refractivity contribution in [2.45, 2.75) is 39.2 Å². The van der Waals surface area contributed by atoms with Crippen molar-refractivity contribution in [1.29, 1.82) is 0 Å². The molecule has 3 nitrogen and oxygen atoms in total. The Hall–Kier alpha value is -1.86. The molecule has 0 spiro atoms. The molecule has 0 aliphatic rings. The SMILES string of the molecule is CCCCC(C)NC(=O)c1ccc(C#CCN)cc1F. The Bertz CT molecular complexity index is 517. The topological polar surface area (TPSA) is 55.1 Å². The zero-order chi connectivity index (χ0) is 15.0. The first-order valence-electron chi connectivity index (χ1n) is 6.87. The Morgan fingerprint density at radius 1 is 1.50 bits per heavy atom. The van der Waals surface area contributed by atoms with Crippen molar-refractivity contribution in [3.05, 3.63) is 35.1 Å². The molecule has 0 aromatic heterocycles. The quantitative estimate of drug-likeness (QED) is 0.812. The summed E-state index contributed by atoms with van der Waals surface area (Å²) >= 11 is 0. The van der Waals surface area contributed by atoms with E-state index in [2.05, 4.69) is 24.1 Å². The van der Waals surface area contributed by atoms with Crippen LogP contribution in [0.15, 0.2) is 18.2 Å². The number of nitrogens with one attached hydrogen (secondary N) is 1. The molecule has 108 valence electrons. The number of carbonyl (C=O) groups excluding carboxylic acids is 1. The molecule has 1 aromatic carbocycles. The van der Waals surface area contributed by atoms with E-state index in [1.807, 2.05) is 6.92 Å². The van der Waals surface area contributed by atoms with Crippen molar-refractivity contribution in [3.63, 3.8) is 0 Å². The van der Waals surface area contributed by atoms with Crippen molar-refractivity contribution in [2.24, 2.45) is 5.73 Å². The number of nitrogens with two attached hydrogens (primary N) is 1. The van der Waals surface area contributed by atoms with E-state index in [9.17, 15) is 9.18 Å². The van der Waals surface area contributed by atoms with Gasteiger partial charge in [0.25, 0.3) is 5.91 Å². The molecule has 0 bridgehead atoms. The number of carbonyl (C=O) groups is 1.